The van der Waals surface area contributed by atoms with Crippen molar-refractivity contribution in [2.45, 2.75) is 6.55 Å². The van der Waals surface area contributed by atoms with Gasteiger partial charge in [0.2, 0.25) is 0 Å². The fraction of sp³-hybridized carbons (Fsp3) is 0.0714. The molecule has 2 radical (unpaired) electrons. The summed E-state index contributed by atoms with van der Waals surface area (Å²) in [7, 11) is 0.646. The average Bonchev–Trinajstić information content (AvgIpc) is 2.39. The number of hydrogen-bond donors (Lipinski definition) is 0. The third kappa shape index (κ3) is 2.12. The van der Waals surface area contributed by atoms with Crippen LogP contribution in [0.15, 0.2) is 54.6 Å². The molecule has 0 saturated heterocycles. The highest BCUT2D eigenvalue weighted by Gasteiger charge is 2.11. The maximum atomic E-state index is 12.2. The first kappa shape index (κ1) is 10.8. The molecule has 0 N–H and O–H groups in total. The van der Waals surface area contributed by atoms with E-state index in [0.717, 1.165) is 16.3 Å². The van der Waals surface area contributed by atoms with Crippen LogP contribution in [0.5, 0.6) is 0 Å². The molecule has 0 bridgehead atoms. The van der Waals surface area contributed by atoms with Gasteiger partial charge >= 0.3 is 0 Å². The molecule has 2 aromatic rings. The zero-order valence-electron chi connectivity index (χ0n) is 9.10. The molecule has 0 fully saturated rings. The fourth-order valence-corrected chi connectivity index (χ4v) is 2.37. The van der Waals surface area contributed by atoms with Crippen molar-refractivity contribution in [3.8, 4) is 0 Å². The van der Waals surface area contributed by atoms with Crippen LogP contribution in [-0.2, 0) is 0 Å². The van der Waals surface area contributed by atoms with Crippen LogP contribution in [0.4, 0.5) is 0 Å². The lowest BCUT2D eigenvalue weighted by atomic mass is 10.0. The van der Waals surface area contributed by atoms with Crippen molar-refractivity contribution in [1.29, 1.82) is 0 Å². The van der Waals surface area contributed by atoms with Crippen LogP contribution in [-0.4, -0.2) is 15.3 Å². The lowest BCUT2D eigenvalue weighted by Gasteiger charge is -2.05. The Kier molecular flexibility index (Phi) is 3.32. The first-order chi connectivity index (χ1) is 7.83. The summed E-state index contributed by atoms with van der Waals surface area (Å²) in [5, 5.41) is 1.14. The molecular weight excluding hydrogens is 212 g/mol. The summed E-state index contributed by atoms with van der Waals surface area (Å²) < 4.78 is 0. The molecule has 2 heteroatoms. The van der Waals surface area contributed by atoms with E-state index in [0.29, 0.717) is 9.52 Å². The van der Waals surface area contributed by atoms with Gasteiger partial charge in [-0.1, -0.05) is 66.3 Å². The Hall–Kier alpha value is -1.67. The minimum Gasteiger partial charge on any atom is -0.289 e. The van der Waals surface area contributed by atoms with Crippen molar-refractivity contribution in [2.75, 3.05) is 0 Å². The van der Waals surface area contributed by atoms with Gasteiger partial charge in [0.25, 0.3) is 0 Å². The normalized spacial score (nSPS) is 10.1. The maximum Gasteiger partial charge on any atom is 0.192 e. The summed E-state index contributed by atoms with van der Waals surface area (Å²) in [6.45, 7) is 2.09. The molecule has 0 aliphatic heterocycles. The highest BCUT2D eigenvalue weighted by molar-refractivity contribution is 6.54. The number of ketones is 1. The van der Waals surface area contributed by atoms with Crippen molar-refractivity contribution in [3.05, 3.63) is 65.7 Å². The molecule has 0 aliphatic rings. The predicted octanol–water partition coefficient (Wildman–Crippen LogP) is 2.30. The van der Waals surface area contributed by atoms with Crippen molar-refractivity contribution in [1.82, 2.24) is 0 Å². The van der Waals surface area contributed by atoms with E-state index in [-0.39, 0.29) is 5.78 Å². The summed E-state index contributed by atoms with van der Waals surface area (Å²) in [6, 6.07) is 17.2. The van der Waals surface area contributed by atoms with E-state index >= 15 is 0 Å². The maximum absolute atomic E-state index is 12.2. The van der Waals surface area contributed by atoms with Crippen molar-refractivity contribution in [3.63, 3.8) is 0 Å². The van der Waals surface area contributed by atoms with Gasteiger partial charge in [0, 0.05) is 11.1 Å². The standard InChI is InChI=1S/C14H12OSi/c1-16-13-10-6-5-9-12(13)14(15)11-7-3-2-4-8-11/h2-10H,1H3. The second-order valence-electron chi connectivity index (χ2n) is 3.49. The summed E-state index contributed by atoms with van der Waals surface area (Å²) in [4.78, 5) is 12.2. The van der Waals surface area contributed by atoms with E-state index in [1.807, 2.05) is 54.6 Å². The molecule has 0 amide bonds. The lowest BCUT2D eigenvalue weighted by Crippen LogP contribution is -2.20. The van der Waals surface area contributed by atoms with Gasteiger partial charge < -0.3 is 0 Å². The first-order valence-electron chi connectivity index (χ1n) is 5.19. The Morgan fingerprint density at radius 3 is 2.25 bits per heavy atom. The molecular formula is C14H12OSi. The lowest BCUT2D eigenvalue weighted by molar-refractivity contribution is 0.104. The monoisotopic (exact) mass is 224 g/mol. The van der Waals surface area contributed by atoms with E-state index in [4.69, 9.17) is 0 Å². The summed E-state index contributed by atoms with van der Waals surface area (Å²) in [5.74, 6) is 0.116. The fourth-order valence-electron chi connectivity index (χ4n) is 1.64. The molecule has 0 aliphatic carbocycles. The minimum absolute atomic E-state index is 0.116. The number of rotatable bonds is 3. The van der Waals surface area contributed by atoms with Gasteiger partial charge in [-0.05, 0) is 0 Å². The summed E-state index contributed by atoms with van der Waals surface area (Å²) in [5.41, 5.74) is 1.59. The van der Waals surface area contributed by atoms with Gasteiger partial charge in [0.1, 0.15) is 0 Å². The van der Waals surface area contributed by atoms with E-state index in [1.54, 1.807) is 0 Å². The molecule has 2 rings (SSSR count). The average molecular weight is 224 g/mol. The number of benzene rings is 2. The second kappa shape index (κ2) is 4.90. The van der Waals surface area contributed by atoms with Gasteiger partial charge in [-0.25, -0.2) is 0 Å². The van der Waals surface area contributed by atoms with Crippen molar-refractivity contribution < 1.29 is 4.79 Å². The van der Waals surface area contributed by atoms with E-state index < -0.39 is 0 Å². The third-order valence-electron chi connectivity index (χ3n) is 2.48. The molecule has 0 aromatic heterocycles. The van der Waals surface area contributed by atoms with Crippen molar-refractivity contribution >= 4 is 20.5 Å². The van der Waals surface area contributed by atoms with Gasteiger partial charge in [-0.3, -0.25) is 4.79 Å². The van der Waals surface area contributed by atoms with E-state index in [9.17, 15) is 4.79 Å². The Balaban J connectivity index is 2.42. The Bertz CT molecular complexity index is 491. The molecule has 0 atom stereocenters. The summed E-state index contributed by atoms with van der Waals surface area (Å²) in [6.07, 6.45) is 0. The largest absolute Gasteiger partial charge is 0.289 e. The first-order valence-corrected chi connectivity index (χ1v) is 6.69. The van der Waals surface area contributed by atoms with Crippen molar-refractivity contribution in [2.24, 2.45) is 0 Å². The van der Waals surface area contributed by atoms with Crippen LogP contribution in [0.1, 0.15) is 15.9 Å². The molecule has 0 heterocycles. The van der Waals surface area contributed by atoms with Crippen LogP contribution in [0, 0.1) is 0 Å². The number of carbonyl (C=O) groups is 1. The Morgan fingerprint density at radius 2 is 1.56 bits per heavy atom. The SMILES string of the molecule is C[Si]c1ccccc1C(=O)c1ccccc1. The number of carbonyl (C=O) groups excluding carboxylic acids is 1. The molecule has 78 valence electrons. The van der Waals surface area contributed by atoms with Crippen LogP contribution in [0.25, 0.3) is 0 Å². The molecule has 2 aromatic carbocycles. The van der Waals surface area contributed by atoms with E-state index in [1.165, 1.54) is 0 Å². The van der Waals surface area contributed by atoms with Gasteiger partial charge in [0.15, 0.2) is 5.78 Å². The molecule has 1 nitrogen and oxygen atoms in total. The van der Waals surface area contributed by atoms with Gasteiger partial charge in [-0.15, -0.1) is 0 Å². The molecule has 0 unspecified atom stereocenters. The zero-order valence-corrected chi connectivity index (χ0v) is 10.1. The topological polar surface area (TPSA) is 17.1 Å². The molecule has 0 spiro atoms. The van der Waals surface area contributed by atoms with Gasteiger partial charge in [-0.2, -0.15) is 0 Å². The second-order valence-corrected chi connectivity index (χ2v) is 4.53. The summed E-state index contributed by atoms with van der Waals surface area (Å²) >= 11 is 0. The predicted molar refractivity (Wildman–Crippen MR) is 67.6 cm³/mol. The zero-order chi connectivity index (χ0) is 11.4. The minimum atomic E-state index is 0.116. The highest BCUT2D eigenvalue weighted by Crippen LogP contribution is 2.07. The van der Waals surface area contributed by atoms with Crippen LogP contribution >= 0.6 is 0 Å². The molecule has 16 heavy (non-hydrogen) atoms. The third-order valence-corrected chi connectivity index (χ3v) is 3.45. The van der Waals surface area contributed by atoms with Crippen LogP contribution in [0.2, 0.25) is 6.55 Å². The molecule has 0 saturated carbocycles. The number of hydrogen-bond acceptors (Lipinski definition) is 1. The Morgan fingerprint density at radius 1 is 0.938 bits per heavy atom. The van der Waals surface area contributed by atoms with Gasteiger partial charge in [0.05, 0.1) is 9.52 Å². The Labute approximate surface area is 98.0 Å². The van der Waals surface area contributed by atoms with Crippen LogP contribution in [0.3, 0.4) is 0 Å². The van der Waals surface area contributed by atoms with E-state index in [2.05, 4.69) is 6.55 Å². The van der Waals surface area contributed by atoms with Crippen LogP contribution < -0.4 is 5.19 Å². The highest BCUT2D eigenvalue weighted by atomic mass is 28.2. The quantitative estimate of drug-likeness (QED) is 0.577. The smallest absolute Gasteiger partial charge is 0.192 e.